The van der Waals surface area contributed by atoms with Crippen molar-refractivity contribution in [1.82, 2.24) is 0 Å². The van der Waals surface area contributed by atoms with Crippen LogP contribution >= 0.6 is 11.6 Å². The van der Waals surface area contributed by atoms with Gasteiger partial charge >= 0.3 is 0 Å². The second kappa shape index (κ2) is 4.96. The molecule has 0 fully saturated rings. The third kappa shape index (κ3) is 2.95. The fraction of sp³-hybridized carbons (Fsp3) is 0.200. The Balaban J connectivity index is 2.90. The first-order chi connectivity index (χ1) is 7.41. The van der Waals surface area contributed by atoms with Crippen LogP contribution in [0.4, 0.5) is 5.69 Å². The summed E-state index contributed by atoms with van der Waals surface area (Å²) in [6.07, 6.45) is 0. The summed E-state index contributed by atoms with van der Waals surface area (Å²) >= 11 is 5.80. The Hall–Kier alpha value is -1.59. The molecule has 2 amide bonds. The van der Waals surface area contributed by atoms with Crippen molar-refractivity contribution in [2.24, 2.45) is 11.5 Å². The quantitative estimate of drug-likeness (QED) is 0.727. The Kier molecular flexibility index (Phi) is 3.87. The van der Waals surface area contributed by atoms with Crippen LogP contribution in [-0.4, -0.2) is 17.9 Å². The van der Waals surface area contributed by atoms with Gasteiger partial charge in [0.2, 0.25) is 11.8 Å². The molecule has 5 nitrogen and oxygen atoms in total. The number of benzene rings is 1. The number of carbonyl (C=O) groups is 2. The van der Waals surface area contributed by atoms with E-state index >= 15 is 0 Å². The highest BCUT2D eigenvalue weighted by atomic mass is 35.5. The zero-order valence-corrected chi connectivity index (χ0v) is 9.41. The van der Waals surface area contributed by atoms with E-state index in [0.29, 0.717) is 5.69 Å². The maximum Gasteiger partial charge on any atom is 0.250 e. The molecular formula is C10H12ClN3O2. The van der Waals surface area contributed by atoms with Crippen LogP contribution in [0, 0.1) is 0 Å². The van der Waals surface area contributed by atoms with Gasteiger partial charge in [0.15, 0.2) is 0 Å². The van der Waals surface area contributed by atoms with E-state index in [4.69, 9.17) is 23.1 Å². The predicted octanol–water partition coefficient (Wildman–Crippen LogP) is 0.725. The number of halogens is 1. The Morgan fingerprint density at radius 2 is 2.06 bits per heavy atom. The van der Waals surface area contributed by atoms with Crippen LogP contribution in [0.1, 0.15) is 17.3 Å². The highest BCUT2D eigenvalue weighted by Gasteiger charge is 2.10. The zero-order chi connectivity index (χ0) is 12.3. The van der Waals surface area contributed by atoms with Crippen LogP contribution < -0.4 is 16.8 Å². The summed E-state index contributed by atoms with van der Waals surface area (Å²) < 4.78 is 0. The van der Waals surface area contributed by atoms with E-state index in [-0.39, 0.29) is 16.5 Å². The van der Waals surface area contributed by atoms with Crippen molar-refractivity contribution in [2.75, 3.05) is 5.32 Å². The molecule has 0 bridgehead atoms. The number of rotatable bonds is 3. The number of carbonyl (C=O) groups excluding carboxylic acids is 2. The number of primary amides is 1. The lowest BCUT2D eigenvalue weighted by Gasteiger charge is -2.08. The summed E-state index contributed by atoms with van der Waals surface area (Å²) in [5, 5.41) is 2.74. The van der Waals surface area contributed by atoms with E-state index in [1.807, 2.05) is 0 Å². The molecule has 0 aliphatic heterocycles. The van der Waals surface area contributed by atoms with Crippen LogP contribution in [-0.2, 0) is 4.79 Å². The van der Waals surface area contributed by atoms with Crippen molar-refractivity contribution in [3.63, 3.8) is 0 Å². The van der Waals surface area contributed by atoms with Crippen molar-refractivity contribution in [2.45, 2.75) is 13.0 Å². The molecule has 0 aliphatic carbocycles. The minimum absolute atomic E-state index is 0.190. The van der Waals surface area contributed by atoms with E-state index in [2.05, 4.69) is 5.32 Å². The average Bonchev–Trinajstić information content (AvgIpc) is 2.16. The van der Waals surface area contributed by atoms with Gasteiger partial charge in [0.05, 0.1) is 16.6 Å². The third-order valence-corrected chi connectivity index (χ3v) is 2.23. The molecule has 1 aromatic carbocycles. The third-order valence-electron chi connectivity index (χ3n) is 1.92. The van der Waals surface area contributed by atoms with Gasteiger partial charge in [-0.05, 0) is 25.1 Å². The number of hydrogen-bond acceptors (Lipinski definition) is 3. The van der Waals surface area contributed by atoms with Gasteiger partial charge in [0.25, 0.3) is 0 Å². The lowest BCUT2D eigenvalue weighted by Crippen LogP contribution is -2.32. The summed E-state index contributed by atoms with van der Waals surface area (Å²) in [5.41, 5.74) is 11.1. The molecule has 0 aliphatic rings. The maximum absolute atomic E-state index is 11.3. The van der Waals surface area contributed by atoms with Crippen LogP contribution in [0.15, 0.2) is 18.2 Å². The largest absolute Gasteiger partial charge is 0.366 e. The van der Waals surface area contributed by atoms with Gasteiger partial charge in [0, 0.05) is 5.69 Å². The Labute approximate surface area is 97.7 Å². The molecule has 1 aromatic rings. The summed E-state index contributed by atoms with van der Waals surface area (Å²) in [5.74, 6) is -0.946. The molecule has 86 valence electrons. The van der Waals surface area contributed by atoms with Gasteiger partial charge in [0.1, 0.15) is 0 Å². The van der Waals surface area contributed by atoms with Gasteiger partial charge < -0.3 is 16.8 Å². The second-order valence-corrected chi connectivity index (χ2v) is 3.74. The second-order valence-electron chi connectivity index (χ2n) is 3.34. The van der Waals surface area contributed by atoms with E-state index in [0.717, 1.165) is 0 Å². The number of nitrogens with one attached hydrogen (secondary N) is 1. The first kappa shape index (κ1) is 12.5. The highest BCUT2D eigenvalue weighted by Crippen LogP contribution is 2.20. The molecule has 0 saturated carbocycles. The van der Waals surface area contributed by atoms with Crippen molar-refractivity contribution in [1.29, 1.82) is 0 Å². The molecule has 1 rings (SSSR count). The number of amides is 2. The summed E-state index contributed by atoms with van der Waals surface area (Å²) in [4.78, 5) is 22.2. The fourth-order valence-corrected chi connectivity index (χ4v) is 1.32. The lowest BCUT2D eigenvalue weighted by atomic mass is 10.2. The SMILES string of the molecule is C[C@@H](N)C(=O)Nc1ccc(C(N)=O)c(Cl)c1. The minimum atomic E-state index is -0.616. The average molecular weight is 242 g/mol. The first-order valence-electron chi connectivity index (χ1n) is 4.57. The Morgan fingerprint density at radius 3 is 2.50 bits per heavy atom. The summed E-state index contributed by atoms with van der Waals surface area (Å²) in [6, 6.07) is 3.81. The number of nitrogens with two attached hydrogens (primary N) is 2. The molecule has 5 N–H and O–H groups in total. The predicted molar refractivity (Wildman–Crippen MR) is 62.2 cm³/mol. The molecule has 16 heavy (non-hydrogen) atoms. The molecule has 0 spiro atoms. The van der Waals surface area contributed by atoms with Gasteiger partial charge in [-0.2, -0.15) is 0 Å². The molecule has 6 heteroatoms. The molecule has 0 unspecified atom stereocenters. The minimum Gasteiger partial charge on any atom is -0.366 e. The standard InChI is InChI=1S/C10H12ClN3O2/c1-5(12)10(16)14-6-2-3-7(9(13)15)8(11)4-6/h2-5H,12H2,1H3,(H2,13,15)(H,14,16)/t5-/m1/s1. The van der Waals surface area contributed by atoms with Crippen molar-refractivity contribution in [3.05, 3.63) is 28.8 Å². The van der Waals surface area contributed by atoms with E-state index in [9.17, 15) is 9.59 Å². The van der Waals surface area contributed by atoms with Gasteiger partial charge in [-0.25, -0.2) is 0 Å². The van der Waals surface area contributed by atoms with Gasteiger partial charge in [-0.15, -0.1) is 0 Å². The topological polar surface area (TPSA) is 98.2 Å². The van der Waals surface area contributed by atoms with Crippen molar-refractivity contribution >= 4 is 29.1 Å². The summed E-state index contributed by atoms with van der Waals surface area (Å²) in [7, 11) is 0. The Morgan fingerprint density at radius 1 is 1.44 bits per heavy atom. The number of hydrogen-bond donors (Lipinski definition) is 3. The van der Waals surface area contributed by atoms with Gasteiger partial charge in [-0.1, -0.05) is 11.6 Å². The van der Waals surface area contributed by atoms with Crippen molar-refractivity contribution < 1.29 is 9.59 Å². The molecule has 1 atom stereocenters. The van der Waals surface area contributed by atoms with Crippen LogP contribution in [0.3, 0.4) is 0 Å². The first-order valence-corrected chi connectivity index (χ1v) is 4.95. The molecule has 0 aromatic heterocycles. The fourth-order valence-electron chi connectivity index (χ4n) is 1.05. The molecular weight excluding hydrogens is 230 g/mol. The van der Waals surface area contributed by atoms with Crippen LogP contribution in [0.2, 0.25) is 5.02 Å². The molecule has 0 saturated heterocycles. The van der Waals surface area contributed by atoms with E-state index in [1.54, 1.807) is 6.92 Å². The summed E-state index contributed by atoms with van der Waals surface area (Å²) in [6.45, 7) is 1.56. The monoisotopic (exact) mass is 241 g/mol. The highest BCUT2D eigenvalue weighted by molar-refractivity contribution is 6.34. The molecule has 0 heterocycles. The number of anilines is 1. The van der Waals surface area contributed by atoms with E-state index < -0.39 is 11.9 Å². The van der Waals surface area contributed by atoms with E-state index in [1.165, 1.54) is 18.2 Å². The molecule has 0 radical (unpaired) electrons. The normalized spacial score (nSPS) is 11.9. The van der Waals surface area contributed by atoms with Crippen LogP contribution in [0.5, 0.6) is 0 Å². The zero-order valence-electron chi connectivity index (χ0n) is 8.66. The van der Waals surface area contributed by atoms with Gasteiger partial charge in [-0.3, -0.25) is 9.59 Å². The van der Waals surface area contributed by atoms with Crippen molar-refractivity contribution in [3.8, 4) is 0 Å². The lowest BCUT2D eigenvalue weighted by molar-refractivity contribution is -0.117. The Bertz CT molecular complexity index is 432. The smallest absolute Gasteiger partial charge is 0.250 e. The van der Waals surface area contributed by atoms with Crippen LogP contribution in [0.25, 0.3) is 0 Å². The maximum atomic E-state index is 11.3.